The fraction of sp³-hybridized carbons (Fsp3) is 0.875. The second kappa shape index (κ2) is 5.11. The zero-order valence-corrected chi connectivity index (χ0v) is 8.09. The monoisotopic (exact) mass is 174 g/mol. The molecular formula is C8H18N2O2. The number of rotatable bonds is 4. The van der Waals surface area contributed by atoms with Crippen molar-refractivity contribution in [1.29, 1.82) is 0 Å². The third kappa shape index (κ3) is 3.69. The normalized spacial score (nSPS) is 15.8. The molecule has 0 unspecified atom stereocenters. The zero-order valence-electron chi connectivity index (χ0n) is 8.09. The summed E-state index contributed by atoms with van der Waals surface area (Å²) in [7, 11) is 1.56. The lowest BCUT2D eigenvalue weighted by atomic mass is 10.1. The zero-order chi connectivity index (χ0) is 9.72. The Hall–Kier alpha value is -0.610. The molecule has 0 saturated heterocycles. The Balaban J connectivity index is 4.13. The summed E-state index contributed by atoms with van der Waals surface area (Å²) in [6.07, 6.45) is -0.674. The van der Waals surface area contributed by atoms with Gasteiger partial charge >= 0.3 is 0 Å². The van der Waals surface area contributed by atoms with Gasteiger partial charge in [-0.1, -0.05) is 13.8 Å². The number of hydrogen-bond acceptors (Lipinski definition) is 3. The second-order valence-electron chi connectivity index (χ2n) is 3.15. The molecule has 1 amide bonds. The highest BCUT2D eigenvalue weighted by Gasteiger charge is 2.22. The van der Waals surface area contributed by atoms with Crippen LogP contribution in [0.25, 0.3) is 0 Å². The largest absolute Gasteiger partial charge is 0.391 e. The Kier molecular flexibility index (Phi) is 4.85. The lowest BCUT2D eigenvalue weighted by Crippen LogP contribution is -2.51. The van der Waals surface area contributed by atoms with Gasteiger partial charge in [0.25, 0.3) is 0 Å². The van der Waals surface area contributed by atoms with Crippen molar-refractivity contribution in [3.05, 3.63) is 0 Å². The Morgan fingerprint density at radius 3 is 2.08 bits per heavy atom. The van der Waals surface area contributed by atoms with Gasteiger partial charge in [-0.25, -0.2) is 0 Å². The molecule has 0 aliphatic heterocycles. The Bertz CT molecular complexity index is 146. The third-order valence-electron chi connectivity index (χ3n) is 1.52. The van der Waals surface area contributed by atoms with E-state index in [-0.39, 0.29) is 11.9 Å². The molecular weight excluding hydrogens is 156 g/mol. The van der Waals surface area contributed by atoms with E-state index in [1.54, 1.807) is 14.0 Å². The minimum Gasteiger partial charge on any atom is -0.391 e. The number of hydrogen-bond donors (Lipinski definition) is 3. The summed E-state index contributed by atoms with van der Waals surface area (Å²) in [6.45, 7) is 5.45. The number of carbonyl (C=O) groups is 1. The minimum atomic E-state index is -0.674. The average molecular weight is 174 g/mol. The first-order valence-corrected chi connectivity index (χ1v) is 4.14. The number of amides is 1. The van der Waals surface area contributed by atoms with Crippen LogP contribution in [-0.4, -0.2) is 36.2 Å². The molecule has 0 aliphatic rings. The molecule has 2 atom stereocenters. The second-order valence-corrected chi connectivity index (χ2v) is 3.15. The molecule has 0 fully saturated rings. The van der Waals surface area contributed by atoms with E-state index in [4.69, 9.17) is 0 Å². The molecule has 0 saturated carbocycles. The number of aliphatic hydroxyl groups excluding tert-OH is 1. The molecule has 4 heteroatoms. The van der Waals surface area contributed by atoms with Gasteiger partial charge < -0.3 is 15.7 Å². The van der Waals surface area contributed by atoms with Crippen LogP contribution in [0.15, 0.2) is 0 Å². The van der Waals surface area contributed by atoms with Gasteiger partial charge in [0.15, 0.2) is 0 Å². The predicted octanol–water partition coefficient (Wildman–Crippen LogP) is -0.520. The molecule has 0 aliphatic carbocycles. The van der Waals surface area contributed by atoms with Gasteiger partial charge in [0, 0.05) is 13.1 Å². The molecule has 0 rings (SSSR count). The lowest BCUT2D eigenvalue weighted by molar-refractivity contribution is -0.125. The first-order valence-electron chi connectivity index (χ1n) is 4.14. The highest BCUT2D eigenvalue weighted by molar-refractivity contribution is 5.82. The highest BCUT2D eigenvalue weighted by Crippen LogP contribution is 1.94. The van der Waals surface area contributed by atoms with Crippen molar-refractivity contribution in [2.75, 3.05) is 7.05 Å². The fourth-order valence-corrected chi connectivity index (χ4v) is 0.949. The first-order chi connectivity index (χ1) is 5.49. The quantitative estimate of drug-likeness (QED) is 0.537. The van der Waals surface area contributed by atoms with Crippen LogP contribution in [0.4, 0.5) is 0 Å². The molecule has 0 aromatic rings. The summed E-state index contributed by atoms with van der Waals surface area (Å²) in [6, 6.07) is -0.336. The number of aliphatic hydroxyl groups is 1. The molecule has 0 heterocycles. The van der Waals surface area contributed by atoms with Crippen LogP contribution >= 0.6 is 0 Å². The van der Waals surface area contributed by atoms with Gasteiger partial charge in [-0.05, 0) is 6.92 Å². The van der Waals surface area contributed by atoms with Crippen LogP contribution in [0.5, 0.6) is 0 Å². The smallest absolute Gasteiger partial charge is 0.239 e. The molecule has 12 heavy (non-hydrogen) atoms. The summed E-state index contributed by atoms with van der Waals surface area (Å²) >= 11 is 0. The van der Waals surface area contributed by atoms with Crippen LogP contribution in [0, 0.1) is 0 Å². The summed E-state index contributed by atoms with van der Waals surface area (Å²) in [5.74, 6) is -0.182. The van der Waals surface area contributed by atoms with Crippen molar-refractivity contribution < 1.29 is 9.90 Å². The molecule has 4 nitrogen and oxygen atoms in total. The van der Waals surface area contributed by atoms with Gasteiger partial charge in [-0.2, -0.15) is 0 Å². The summed E-state index contributed by atoms with van der Waals surface area (Å²) in [5, 5.41) is 14.7. The minimum absolute atomic E-state index is 0.182. The molecule has 0 aromatic heterocycles. The molecule has 0 bridgehead atoms. The van der Waals surface area contributed by atoms with E-state index < -0.39 is 12.1 Å². The lowest BCUT2D eigenvalue weighted by Gasteiger charge is -2.21. The third-order valence-corrected chi connectivity index (χ3v) is 1.52. The van der Waals surface area contributed by atoms with Crippen LogP contribution in [-0.2, 0) is 4.79 Å². The van der Waals surface area contributed by atoms with Gasteiger partial charge in [-0.3, -0.25) is 4.79 Å². The van der Waals surface area contributed by atoms with E-state index in [9.17, 15) is 9.90 Å². The summed E-state index contributed by atoms with van der Waals surface area (Å²) in [5.41, 5.74) is 0. The molecule has 3 N–H and O–H groups in total. The van der Waals surface area contributed by atoms with Gasteiger partial charge in [0.05, 0.1) is 6.10 Å². The van der Waals surface area contributed by atoms with Crippen LogP contribution in [0.1, 0.15) is 20.8 Å². The van der Waals surface area contributed by atoms with Crippen molar-refractivity contribution in [3.8, 4) is 0 Å². The summed E-state index contributed by atoms with van der Waals surface area (Å²) < 4.78 is 0. The van der Waals surface area contributed by atoms with Crippen molar-refractivity contribution in [3.63, 3.8) is 0 Å². The van der Waals surface area contributed by atoms with E-state index in [0.29, 0.717) is 0 Å². The molecule has 0 spiro atoms. The number of likely N-dealkylation sites (N-methyl/N-ethyl adjacent to an activating group) is 1. The standard InChI is InChI=1S/C8H18N2O2/c1-5(2)10-7(6(3)11)8(12)9-4/h5-7,10-11H,1-4H3,(H,9,12)/t6-,7-/m1/s1. The predicted molar refractivity (Wildman–Crippen MR) is 47.8 cm³/mol. The number of carbonyl (C=O) groups excluding carboxylic acids is 1. The fourth-order valence-electron chi connectivity index (χ4n) is 0.949. The first kappa shape index (κ1) is 11.4. The maximum absolute atomic E-state index is 11.2. The van der Waals surface area contributed by atoms with E-state index in [1.807, 2.05) is 13.8 Å². The average Bonchev–Trinajstić information content (AvgIpc) is 1.98. The SMILES string of the molecule is CNC(=O)[C@H](NC(C)C)[C@@H](C)O. The topological polar surface area (TPSA) is 61.4 Å². The van der Waals surface area contributed by atoms with E-state index >= 15 is 0 Å². The number of nitrogens with one attached hydrogen (secondary N) is 2. The molecule has 0 aromatic carbocycles. The van der Waals surface area contributed by atoms with Crippen LogP contribution in [0.2, 0.25) is 0 Å². The van der Waals surface area contributed by atoms with E-state index in [2.05, 4.69) is 10.6 Å². The Morgan fingerprint density at radius 1 is 1.33 bits per heavy atom. The van der Waals surface area contributed by atoms with Crippen molar-refractivity contribution in [2.45, 2.75) is 39.0 Å². The Morgan fingerprint density at radius 2 is 1.83 bits per heavy atom. The van der Waals surface area contributed by atoms with Crippen LogP contribution in [0.3, 0.4) is 0 Å². The Labute approximate surface area is 73.3 Å². The van der Waals surface area contributed by atoms with Gasteiger partial charge in [0.2, 0.25) is 5.91 Å². The van der Waals surface area contributed by atoms with E-state index in [1.165, 1.54) is 0 Å². The maximum Gasteiger partial charge on any atom is 0.239 e. The van der Waals surface area contributed by atoms with Crippen molar-refractivity contribution in [2.24, 2.45) is 0 Å². The van der Waals surface area contributed by atoms with E-state index in [0.717, 1.165) is 0 Å². The van der Waals surface area contributed by atoms with Crippen molar-refractivity contribution >= 4 is 5.91 Å². The van der Waals surface area contributed by atoms with Crippen molar-refractivity contribution in [1.82, 2.24) is 10.6 Å². The van der Waals surface area contributed by atoms with Gasteiger partial charge in [0.1, 0.15) is 6.04 Å². The molecule has 72 valence electrons. The van der Waals surface area contributed by atoms with Gasteiger partial charge in [-0.15, -0.1) is 0 Å². The highest BCUT2D eigenvalue weighted by atomic mass is 16.3. The van der Waals surface area contributed by atoms with Crippen LogP contribution < -0.4 is 10.6 Å². The molecule has 0 radical (unpaired) electrons. The maximum atomic E-state index is 11.2. The summed E-state index contributed by atoms with van der Waals surface area (Å²) in [4.78, 5) is 11.2.